The summed E-state index contributed by atoms with van der Waals surface area (Å²) in [5, 5.41) is 10.9. The van der Waals surface area contributed by atoms with E-state index in [1.165, 1.54) is 12.3 Å². The number of anilines is 1. The minimum atomic E-state index is -0.524. The first kappa shape index (κ1) is 22.7. The molecular formula is C24H29FN6O2. The van der Waals surface area contributed by atoms with E-state index in [0.29, 0.717) is 36.9 Å². The van der Waals surface area contributed by atoms with Gasteiger partial charge in [0.15, 0.2) is 0 Å². The number of primary amides is 1. The number of carbonyl (C=O) groups is 2. The molecule has 0 bridgehead atoms. The van der Waals surface area contributed by atoms with E-state index >= 15 is 0 Å². The SMILES string of the molecule is Cc1cc(F)ncc1-c1cc2c(NC(C)C)c(C(=O)N[C@H]3CC[C@H](C(N)=O)CC3)cnn2c1. The molecule has 9 heteroatoms. The van der Waals surface area contributed by atoms with Crippen LogP contribution in [0.15, 0.2) is 30.7 Å². The number of carbonyl (C=O) groups excluding carboxylic acids is 2. The van der Waals surface area contributed by atoms with Crippen LogP contribution >= 0.6 is 0 Å². The van der Waals surface area contributed by atoms with Crippen molar-refractivity contribution in [3.63, 3.8) is 0 Å². The monoisotopic (exact) mass is 452 g/mol. The van der Waals surface area contributed by atoms with Crippen molar-refractivity contribution >= 4 is 23.0 Å². The van der Waals surface area contributed by atoms with Crippen LogP contribution in [0.3, 0.4) is 0 Å². The summed E-state index contributed by atoms with van der Waals surface area (Å²) in [7, 11) is 0. The molecule has 3 aromatic heterocycles. The molecule has 174 valence electrons. The molecule has 1 fully saturated rings. The van der Waals surface area contributed by atoms with E-state index in [9.17, 15) is 14.0 Å². The number of hydrogen-bond donors (Lipinski definition) is 3. The Balaban J connectivity index is 1.65. The summed E-state index contributed by atoms with van der Waals surface area (Å²) in [6.07, 6.45) is 7.70. The van der Waals surface area contributed by atoms with E-state index in [4.69, 9.17) is 5.73 Å². The third kappa shape index (κ3) is 4.81. The molecule has 33 heavy (non-hydrogen) atoms. The van der Waals surface area contributed by atoms with Crippen molar-refractivity contribution in [1.82, 2.24) is 19.9 Å². The van der Waals surface area contributed by atoms with Crippen LogP contribution < -0.4 is 16.4 Å². The van der Waals surface area contributed by atoms with Crippen LogP contribution in [0.5, 0.6) is 0 Å². The summed E-state index contributed by atoms with van der Waals surface area (Å²) in [4.78, 5) is 28.4. The Morgan fingerprint density at radius 3 is 2.55 bits per heavy atom. The Labute approximate surface area is 191 Å². The van der Waals surface area contributed by atoms with Gasteiger partial charge >= 0.3 is 0 Å². The highest BCUT2D eigenvalue weighted by atomic mass is 19.1. The molecule has 3 aromatic rings. The van der Waals surface area contributed by atoms with Gasteiger partial charge in [0.05, 0.1) is 23.0 Å². The lowest BCUT2D eigenvalue weighted by Gasteiger charge is -2.27. The summed E-state index contributed by atoms with van der Waals surface area (Å²) in [5.74, 6) is -1.12. The molecule has 0 aliphatic heterocycles. The molecule has 3 heterocycles. The quantitative estimate of drug-likeness (QED) is 0.496. The third-order valence-electron chi connectivity index (χ3n) is 6.17. The second-order valence-corrected chi connectivity index (χ2v) is 9.04. The number of nitrogens with one attached hydrogen (secondary N) is 2. The van der Waals surface area contributed by atoms with E-state index in [2.05, 4.69) is 20.7 Å². The van der Waals surface area contributed by atoms with Gasteiger partial charge in [-0.05, 0) is 64.2 Å². The van der Waals surface area contributed by atoms with Crippen molar-refractivity contribution in [3.05, 3.63) is 47.8 Å². The van der Waals surface area contributed by atoms with Crippen molar-refractivity contribution in [2.75, 3.05) is 5.32 Å². The predicted molar refractivity (Wildman–Crippen MR) is 124 cm³/mol. The normalized spacial score (nSPS) is 18.5. The highest BCUT2D eigenvalue weighted by Crippen LogP contribution is 2.31. The Morgan fingerprint density at radius 2 is 1.91 bits per heavy atom. The molecule has 4 N–H and O–H groups in total. The van der Waals surface area contributed by atoms with Crippen LogP contribution in [0.25, 0.3) is 16.6 Å². The van der Waals surface area contributed by atoms with Crippen LogP contribution in [0.4, 0.5) is 10.1 Å². The number of halogens is 1. The topological polar surface area (TPSA) is 114 Å². The zero-order chi connectivity index (χ0) is 23.7. The Morgan fingerprint density at radius 1 is 1.18 bits per heavy atom. The average molecular weight is 453 g/mol. The standard InChI is InChI=1S/C24H29FN6O2/c1-13(2)29-22-19(24(33)30-17-6-4-15(5-7-17)23(26)32)11-28-31-12-16(9-20(22)31)18-10-27-21(25)8-14(18)3/h8-13,15,17,29H,4-7H2,1-3H3,(H2,26,32)(H,30,33)/t15-,17-. The second-order valence-electron chi connectivity index (χ2n) is 9.04. The molecule has 1 aliphatic carbocycles. The number of aromatic nitrogens is 3. The molecule has 8 nitrogen and oxygen atoms in total. The van der Waals surface area contributed by atoms with Gasteiger partial charge in [0.1, 0.15) is 0 Å². The number of pyridine rings is 1. The molecule has 1 aliphatic rings. The smallest absolute Gasteiger partial charge is 0.255 e. The predicted octanol–water partition coefficient (Wildman–Crippen LogP) is 3.44. The minimum Gasteiger partial charge on any atom is -0.380 e. The van der Waals surface area contributed by atoms with Crippen molar-refractivity contribution in [2.24, 2.45) is 11.7 Å². The summed E-state index contributed by atoms with van der Waals surface area (Å²) < 4.78 is 15.2. The van der Waals surface area contributed by atoms with E-state index in [1.807, 2.05) is 33.0 Å². The zero-order valence-corrected chi connectivity index (χ0v) is 19.1. The maximum Gasteiger partial charge on any atom is 0.255 e. The summed E-state index contributed by atoms with van der Waals surface area (Å²) in [6, 6.07) is 3.39. The molecule has 0 saturated heterocycles. The van der Waals surface area contributed by atoms with Crippen molar-refractivity contribution in [3.8, 4) is 11.1 Å². The fourth-order valence-corrected chi connectivity index (χ4v) is 4.43. The second kappa shape index (κ2) is 9.17. The van der Waals surface area contributed by atoms with Gasteiger partial charge < -0.3 is 16.4 Å². The third-order valence-corrected chi connectivity index (χ3v) is 6.17. The van der Waals surface area contributed by atoms with Crippen molar-refractivity contribution in [1.29, 1.82) is 0 Å². The molecule has 0 radical (unpaired) electrons. The molecule has 2 amide bonds. The van der Waals surface area contributed by atoms with Gasteiger partial charge in [-0.25, -0.2) is 9.50 Å². The highest BCUT2D eigenvalue weighted by molar-refractivity contribution is 6.03. The van der Waals surface area contributed by atoms with E-state index in [1.54, 1.807) is 10.7 Å². The first-order chi connectivity index (χ1) is 15.7. The van der Waals surface area contributed by atoms with Gasteiger partial charge in [-0.1, -0.05) is 0 Å². The first-order valence-corrected chi connectivity index (χ1v) is 11.2. The van der Waals surface area contributed by atoms with Crippen LogP contribution in [0.1, 0.15) is 55.5 Å². The number of hydrogen-bond acceptors (Lipinski definition) is 5. The molecule has 4 rings (SSSR count). The lowest BCUT2D eigenvalue weighted by molar-refractivity contribution is -0.122. The number of nitrogens with two attached hydrogens (primary N) is 1. The summed E-state index contributed by atoms with van der Waals surface area (Å²) in [6.45, 7) is 5.83. The highest BCUT2D eigenvalue weighted by Gasteiger charge is 2.27. The maximum atomic E-state index is 13.5. The van der Waals surface area contributed by atoms with Gasteiger partial charge in [0.2, 0.25) is 11.9 Å². The van der Waals surface area contributed by atoms with Crippen LogP contribution in [0, 0.1) is 18.8 Å². The maximum absolute atomic E-state index is 13.5. The Kier molecular flexibility index (Phi) is 6.31. The van der Waals surface area contributed by atoms with E-state index < -0.39 is 5.95 Å². The van der Waals surface area contributed by atoms with Crippen molar-refractivity contribution in [2.45, 2.75) is 58.5 Å². The fourth-order valence-electron chi connectivity index (χ4n) is 4.43. The molecular weight excluding hydrogens is 423 g/mol. The molecule has 0 spiro atoms. The van der Waals surface area contributed by atoms with Gasteiger partial charge in [0, 0.05) is 41.5 Å². The Bertz CT molecular complexity index is 1200. The van der Waals surface area contributed by atoms with E-state index in [-0.39, 0.29) is 29.8 Å². The number of rotatable bonds is 6. The number of nitrogens with zero attached hydrogens (tertiary/aromatic N) is 3. The zero-order valence-electron chi connectivity index (χ0n) is 19.1. The van der Waals surface area contributed by atoms with Gasteiger partial charge in [0.25, 0.3) is 5.91 Å². The van der Waals surface area contributed by atoms with Gasteiger partial charge in [-0.15, -0.1) is 0 Å². The van der Waals surface area contributed by atoms with E-state index in [0.717, 1.165) is 22.2 Å². The Hall–Kier alpha value is -3.49. The first-order valence-electron chi connectivity index (χ1n) is 11.2. The minimum absolute atomic E-state index is 0.00786. The van der Waals surface area contributed by atoms with Gasteiger partial charge in [-0.2, -0.15) is 9.49 Å². The number of fused-ring (bicyclic) bond motifs is 1. The van der Waals surface area contributed by atoms with Crippen molar-refractivity contribution < 1.29 is 14.0 Å². The molecule has 0 atom stereocenters. The van der Waals surface area contributed by atoms with Gasteiger partial charge in [-0.3, -0.25) is 9.59 Å². The summed E-state index contributed by atoms with van der Waals surface area (Å²) in [5.41, 5.74) is 9.69. The fraction of sp³-hybridized carbons (Fsp3) is 0.417. The summed E-state index contributed by atoms with van der Waals surface area (Å²) >= 11 is 0. The molecule has 0 unspecified atom stereocenters. The van der Waals surface area contributed by atoms with Crippen LogP contribution in [-0.4, -0.2) is 38.5 Å². The lowest BCUT2D eigenvalue weighted by atomic mass is 9.85. The molecule has 0 aromatic carbocycles. The average Bonchev–Trinajstić information content (AvgIpc) is 3.18. The number of aryl methyl sites for hydroxylation is 1. The van der Waals surface area contributed by atoms with Crippen LogP contribution in [0.2, 0.25) is 0 Å². The number of amides is 2. The van der Waals surface area contributed by atoms with Crippen LogP contribution in [-0.2, 0) is 4.79 Å². The molecule has 1 saturated carbocycles. The lowest BCUT2D eigenvalue weighted by Crippen LogP contribution is -2.40. The largest absolute Gasteiger partial charge is 0.380 e.